The Balaban J connectivity index is 0.000000129. The van der Waals surface area contributed by atoms with Gasteiger partial charge in [-0.3, -0.25) is 0 Å². The summed E-state index contributed by atoms with van der Waals surface area (Å²) in [6.07, 6.45) is 0. The van der Waals surface area contributed by atoms with Crippen molar-refractivity contribution in [3.8, 4) is 0 Å². The third-order valence-corrected chi connectivity index (χ3v) is 39.3. The molecule has 0 saturated heterocycles. The van der Waals surface area contributed by atoms with Gasteiger partial charge in [0.25, 0.3) is 0 Å². The van der Waals surface area contributed by atoms with E-state index < -0.39 is 21.8 Å². The van der Waals surface area contributed by atoms with Gasteiger partial charge < -0.3 is 0 Å². The minimum absolute atomic E-state index is 1.36. The third kappa shape index (κ3) is 14.2. The third-order valence-electron chi connectivity index (χ3n) is 13.2. The normalized spacial score (nSPS) is 11.3. The molecule has 0 atom stereocenters. The van der Waals surface area contributed by atoms with E-state index in [1.807, 2.05) is 0 Å². The van der Waals surface area contributed by atoms with Crippen LogP contribution < -0.4 is 63.7 Å². The van der Waals surface area contributed by atoms with Crippen LogP contribution in [0.5, 0.6) is 0 Å². The molecule has 0 aliphatic heterocycles. The molecular weight excluding hydrogens is 1410 g/mol. The van der Waals surface area contributed by atoms with Crippen LogP contribution in [-0.2, 0) is 74.8 Å². The van der Waals surface area contributed by atoms with E-state index in [0.717, 1.165) is 0 Å². The van der Waals surface area contributed by atoms with E-state index in [4.69, 9.17) is 0 Å². The molecule has 0 amide bonds. The van der Waals surface area contributed by atoms with E-state index in [2.05, 4.69) is 439 Å². The van der Waals surface area contributed by atoms with Crippen molar-refractivity contribution in [3.05, 3.63) is 364 Å². The van der Waals surface area contributed by atoms with Gasteiger partial charge in [0.1, 0.15) is 0 Å². The van der Waals surface area contributed by atoms with Crippen LogP contribution in [0.25, 0.3) is 0 Å². The molecule has 12 rings (SSSR count). The Labute approximate surface area is 518 Å². The summed E-state index contributed by atoms with van der Waals surface area (Å²) in [5.41, 5.74) is -6.71. The summed E-state index contributed by atoms with van der Waals surface area (Å²) in [6, 6.07) is 129. The van der Waals surface area contributed by atoms with E-state index >= 15 is 0 Å². The first-order chi connectivity index (χ1) is 39.3. The van der Waals surface area contributed by atoms with Crippen LogP contribution in [0.1, 0.15) is 0 Å². The molecule has 0 radical (unpaired) electrons. The van der Waals surface area contributed by atoms with E-state index in [1.165, 1.54) is 63.7 Å². The Hall–Kier alpha value is -4.99. The number of rotatable bonds is 12. The van der Waals surface area contributed by atoms with Gasteiger partial charge in [0, 0.05) is 0 Å². The molecule has 0 aliphatic rings. The first-order valence-corrected chi connectivity index (χ1v) is 41.0. The fourth-order valence-corrected chi connectivity index (χ4v) is 28.0. The van der Waals surface area contributed by atoms with E-state index in [9.17, 15) is 0 Å². The summed E-state index contributed by atoms with van der Waals surface area (Å²) in [5, 5.41) is 16.3. The van der Waals surface area contributed by atoms with Crippen molar-refractivity contribution in [1.29, 1.82) is 0 Å². The van der Waals surface area contributed by atoms with Gasteiger partial charge in [-0.2, -0.15) is 0 Å². The van der Waals surface area contributed by atoms with Crippen molar-refractivity contribution >= 4 is 85.5 Å². The Bertz CT molecular complexity index is 2770. The van der Waals surface area contributed by atoms with Gasteiger partial charge in [0.2, 0.25) is 0 Å². The minimum atomic E-state index is -1.68. The molecule has 404 valence electrons. The zero-order valence-electron chi connectivity index (χ0n) is 43.7. The topological polar surface area (TPSA) is 0 Å². The summed E-state index contributed by atoms with van der Waals surface area (Å²) in [6.45, 7) is 0. The van der Waals surface area contributed by atoms with E-state index in [0.29, 0.717) is 0 Å². The van der Waals surface area contributed by atoms with Crippen LogP contribution >= 0.6 is 21.8 Å². The molecule has 0 N–H and O–H groups in total. The van der Waals surface area contributed by atoms with Crippen LogP contribution in [0, 0.1) is 0 Å². The average molecular weight is 1470 g/mol. The van der Waals surface area contributed by atoms with Crippen LogP contribution in [0.15, 0.2) is 364 Å². The van der Waals surface area contributed by atoms with Crippen LogP contribution in [0.2, 0.25) is 0 Å². The first-order valence-electron chi connectivity index (χ1n) is 26.2. The van der Waals surface area contributed by atoms with Gasteiger partial charge in [0.15, 0.2) is 0 Å². The number of hydrogen-bond donors (Lipinski definition) is 0. The Morgan fingerprint density at radius 1 is 0.113 bits per heavy atom. The van der Waals surface area contributed by atoms with Crippen molar-refractivity contribution in [2.45, 2.75) is 0 Å². The summed E-state index contributed by atoms with van der Waals surface area (Å²) < 4.78 is 0. The summed E-state index contributed by atoms with van der Waals surface area (Å²) in [5.74, 6) is 0. The zero-order valence-corrected chi connectivity index (χ0v) is 53.5. The quantitative estimate of drug-likeness (QED) is 0.0845. The Morgan fingerprint density at radius 2 is 0.175 bits per heavy atom. The van der Waals surface area contributed by atoms with Gasteiger partial charge in [0.05, 0.1) is 0 Å². The van der Waals surface area contributed by atoms with Gasteiger partial charge in [-0.1, -0.05) is 0 Å². The second kappa shape index (κ2) is 29.8. The fraction of sp³-hybridized carbons (Fsp3) is 0. The van der Waals surface area contributed by atoms with Crippen molar-refractivity contribution in [1.82, 2.24) is 0 Å². The number of hydrogen-bond acceptors (Lipinski definition) is 0. The van der Waals surface area contributed by atoms with Gasteiger partial charge in [-0.05, 0) is 0 Å². The Kier molecular flexibility index (Phi) is 22.2. The summed E-state index contributed by atoms with van der Waals surface area (Å²) >= 11 is 15.1. The molecule has 12 aromatic carbocycles. The van der Waals surface area contributed by atoms with Crippen molar-refractivity contribution in [2.24, 2.45) is 0 Å². The maximum atomic E-state index is 3.78. The molecule has 0 aliphatic carbocycles. The van der Waals surface area contributed by atoms with Crippen molar-refractivity contribution in [3.63, 3.8) is 0 Å². The van der Waals surface area contributed by atoms with E-state index in [-0.39, 0.29) is 0 Å². The molecule has 12 aromatic rings. The molecule has 8 heteroatoms. The molecule has 0 spiro atoms. The SMILES string of the molecule is [Pd][P+](c1ccccc1)(c1ccccc1)c1ccccc1.[Pd][P+](c1ccccc1)(c1ccccc1)c1ccccc1.[Pd][P+](c1ccccc1)(c1ccccc1)c1ccccc1.[Pd][P+](c1ccccc1)(c1ccccc1)c1ccccc1. The molecule has 80 heavy (non-hydrogen) atoms. The standard InChI is InChI=1S/4C18H15P.4Pd/c4*1-4-10-16(11-5-1)19(17-12-6-2-7-13-17)18-14-8-3-9-15-18;;;;/h4*1-15H;;;;/q;;;;4*+1. The second-order valence-electron chi connectivity index (χ2n) is 18.2. The average Bonchev–Trinajstić information content (AvgIpc) is 3.63. The monoisotopic (exact) mass is 1470 g/mol. The van der Waals surface area contributed by atoms with Crippen LogP contribution in [0.4, 0.5) is 0 Å². The molecule has 0 nitrogen and oxygen atoms in total. The second-order valence-corrected chi connectivity index (χ2v) is 41.3. The summed E-state index contributed by atoms with van der Waals surface area (Å²) in [4.78, 5) is 0. The van der Waals surface area contributed by atoms with Crippen LogP contribution in [0.3, 0.4) is 0 Å². The molecular formula is C72H60P4Pd4+4. The van der Waals surface area contributed by atoms with Crippen molar-refractivity contribution < 1.29 is 74.8 Å². The maximum absolute atomic E-state index is 3.78. The summed E-state index contributed by atoms with van der Waals surface area (Å²) in [7, 11) is 0. The molecule has 0 heterocycles. The molecule has 0 unspecified atom stereocenters. The predicted molar refractivity (Wildman–Crippen MR) is 341 cm³/mol. The van der Waals surface area contributed by atoms with Crippen LogP contribution in [-0.4, -0.2) is 0 Å². The van der Waals surface area contributed by atoms with Gasteiger partial charge in [-0.15, -0.1) is 0 Å². The molecule has 0 saturated carbocycles. The molecule has 0 aromatic heterocycles. The van der Waals surface area contributed by atoms with Gasteiger partial charge in [-0.25, -0.2) is 0 Å². The van der Waals surface area contributed by atoms with E-state index in [1.54, 1.807) is 0 Å². The molecule has 0 bridgehead atoms. The zero-order chi connectivity index (χ0) is 55.4. The predicted octanol–water partition coefficient (Wildman–Crippen LogP) is 13.8. The number of benzene rings is 12. The van der Waals surface area contributed by atoms with Crippen molar-refractivity contribution in [2.75, 3.05) is 0 Å². The Morgan fingerprint density at radius 3 is 0.237 bits per heavy atom. The first kappa shape index (κ1) is 59.6. The molecule has 0 fully saturated rings. The van der Waals surface area contributed by atoms with Gasteiger partial charge >= 0.3 is 524 Å². The fourth-order valence-electron chi connectivity index (χ4n) is 9.28.